The monoisotopic (exact) mass is 267 g/mol. The first-order valence-corrected chi connectivity index (χ1v) is 6.21. The van der Waals surface area contributed by atoms with Crippen molar-refractivity contribution in [2.45, 2.75) is 13.8 Å². The number of pyridine rings is 1. The van der Waals surface area contributed by atoms with Gasteiger partial charge in [0.05, 0.1) is 24.6 Å². The Hall–Kier alpha value is -1.82. The first-order valence-electron chi connectivity index (χ1n) is 6.21. The average molecular weight is 267 g/mol. The Morgan fingerprint density at radius 3 is 2.79 bits per heavy atom. The first-order chi connectivity index (χ1) is 9.08. The summed E-state index contributed by atoms with van der Waals surface area (Å²) in [5.41, 5.74) is 7.11. The largest absolute Gasteiger partial charge is 0.465 e. The van der Waals surface area contributed by atoms with Crippen LogP contribution in [0.15, 0.2) is 12.1 Å². The molecule has 0 aliphatic rings. The predicted molar refractivity (Wildman–Crippen MR) is 74.1 cm³/mol. The van der Waals surface area contributed by atoms with E-state index in [9.17, 15) is 4.79 Å². The second-order valence-corrected chi connectivity index (χ2v) is 4.06. The maximum Gasteiger partial charge on any atom is 0.325 e. The summed E-state index contributed by atoms with van der Waals surface area (Å²) in [5.74, 6) is 0.409. The third kappa shape index (κ3) is 4.75. The van der Waals surface area contributed by atoms with Crippen LogP contribution in [0.3, 0.4) is 0 Å². The number of anilines is 2. The van der Waals surface area contributed by atoms with Crippen molar-refractivity contribution < 1.29 is 14.3 Å². The molecule has 0 radical (unpaired) electrons. The molecule has 0 saturated heterocycles. The molecule has 0 fully saturated rings. The van der Waals surface area contributed by atoms with Crippen LogP contribution in [0.2, 0.25) is 0 Å². The van der Waals surface area contributed by atoms with Crippen molar-refractivity contribution in [2.75, 3.05) is 44.0 Å². The number of carbonyl (C=O) groups is 1. The van der Waals surface area contributed by atoms with Gasteiger partial charge in [-0.2, -0.15) is 0 Å². The third-order valence-corrected chi connectivity index (χ3v) is 2.63. The Morgan fingerprint density at radius 1 is 1.47 bits per heavy atom. The van der Waals surface area contributed by atoms with Gasteiger partial charge in [0.2, 0.25) is 0 Å². The van der Waals surface area contributed by atoms with Crippen LogP contribution in [-0.4, -0.2) is 44.4 Å². The van der Waals surface area contributed by atoms with Gasteiger partial charge in [0.15, 0.2) is 0 Å². The first kappa shape index (κ1) is 15.2. The number of hydrogen-bond donors (Lipinski definition) is 1. The topological polar surface area (TPSA) is 77.7 Å². The number of methoxy groups -OCH3 is 1. The number of nitrogen functional groups attached to an aromatic ring is 1. The number of rotatable bonds is 7. The van der Waals surface area contributed by atoms with E-state index < -0.39 is 0 Å². The lowest BCUT2D eigenvalue weighted by Gasteiger charge is -2.22. The zero-order valence-electron chi connectivity index (χ0n) is 11.7. The van der Waals surface area contributed by atoms with Gasteiger partial charge < -0.3 is 20.1 Å². The van der Waals surface area contributed by atoms with E-state index in [2.05, 4.69) is 4.98 Å². The Morgan fingerprint density at radius 2 is 2.21 bits per heavy atom. The van der Waals surface area contributed by atoms with Gasteiger partial charge in [-0.05, 0) is 26.0 Å². The molecule has 0 amide bonds. The number of hydrogen-bond acceptors (Lipinski definition) is 6. The Labute approximate surface area is 113 Å². The molecule has 0 aromatic carbocycles. The van der Waals surface area contributed by atoms with Crippen molar-refractivity contribution in [3.8, 4) is 0 Å². The maximum absolute atomic E-state index is 11.6. The molecule has 0 atom stereocenters. The number of esters is 1. The van der Waals surface area contributed by atoms with E-state index in [4.69, 9.17) is 15.2 Å². The molecule has 0 saturated carbocycles. The van der Waals surface area contributed by atoms with E-state index >= 15 is 0 Å². The number of aryl methyl sites for hydroxylation is 1. The van der Waals surface area contributed by atoms with Crippen molar-refractivity contribution in [1.29, 1.82) is 0 Å². The number of aromatic nitrogens is 1. The highest BCUT2D eigenvalue weighted by molar-refractivity contribution is 5.75. The second kappa shape index (κ2) is 7.58. The zero-order valence-corrected chi connectivity index (χ0v) is 11.7. The summed E-state index contributed by atoms with van der Waals surface area (Å²) in [7, 11) is 1.62. The fourth-order valence-corrected chi connectivity index (χ4v) is 1.57. The second-order valence-electron chi connectivity index (χ2n) is 4.06. The molecule has 1 rings (SSSR count). The van der Waals surface area contributed by atoms with Crippen molar-refractivity contribution in [3.63, 3.8) is 0 Å². The van der Waals surface area contributed by atoms with Crippen LogP contribution in [0, 0.1) is 6.92 Å². The fourth-order valence-electron chi connectivity index (χ4n) is 1.57. The molecule has 0 bridgehead atoms. The van der Waals surface area contributed by atoms with Gasteiger partial charge in [-0.15, -0.1) is 0 Å². The Kier molecular flexibility index (Phi) is 6.08. The molecule has 2 N–H and O–H groups in total. The highest BCUT2D eigenvalue weighted by Crippen LogP contribution is 2.16. The molecule has 1 aromatic heterocycles. The predicted octanol–water partition coefficient (Wildman–Crippen LogP) is 0.988. The summed E-state index contributed by atoms with van der Waals surface area (Å²) in [6.07, 6.45) is 0. The van der Waals surface area contributed by atoms with Crippen molar-refractivity contribution in [3.05, 3.63) is 17.8 Å². The summed E-state index contributed by atoms with van der Waals surface area (Å²) in [6.45, 7) is 5.19. The molecule has 6 nitrogen and oxygen atoms in total. The van der Waals surface area contributed by atoms with E-state index in [1.807, 2.05) is 11.8 Å². The minimum absolute atomic E-state index is 0.146. The normalized spacial score (nSPS) is 10.3. The number of nitrogens with zero attached hydrogens (tertiary/aromatic N) is 2. The van der Waals surface area contributed by atoms with Crippen molar-refractivity contribution in [2.24, 2.45) is 0 Å². The van der Waals surface area contributed by atoms with Gasteiger partial charge in [0, 0.05) is 13.7 Å². The highest BCUT2D eigenvalue weighted by Gasteiger charge is 2.14. The van der Waals surface area contributed by atoms with Gasteiger partial charge in [-0.25, -0.2) is 4.98 Å². The molecule has 1 aromatic rings. The third-order valence-electron chi connectivity index (χ3n) is 2.63. The lowest BCUT2D eigenvalue weighted by molar-refractivity contribution is -0.141. The van der Waals surface area contributed by atoms with Gasteiger partial charge in [-0.1, -0.05) is 0 Å². The van der Waals surface area contributed by atoms with Crippen LogP contribution in [0.5, 0.6) is 0 Å². The molecule has 0 aliphatic carbocycles. The molecule has 19 heavy (non-hydrogen) atoms. The van der Waals surface area contributed by atoms with Crippen LogP contribution >= 0.6 is 0 Å². The standard InChI is InChI=1S/C13H21N3O3/c1-4-19-13(17)9-16(7-8-18-3)12-6-5-11(14)10(2)15-12/h5-6H,4,7-9,14H2,1-3H3. The lowest BCUT2D eigenvalue weighted by atomic mass is 10.3. The number of carbonyl (C=O) groups excluding carboxylic acids is 1. The minimum atomic E-state index is -0.283. The van der Waals surface area contributed by atoms with E-state index in [-0.39, 0.29) is 12.5 Å². The Balaban J connectivity index is 2.82. The van der Waals surface area contributed by atoms with Crippen LogP contribution < -0.4 is 10.6 Å². The highest BCUT2D eigenvalue weighted by atomic mass is 16.5. The quantitative estimate of drug-likeness (QED) is 0.742. The molecule has 0 spiro atoms. The summed E-state index contributed by atoms with van der Waals surface area (Å²) < 4.78 is 10.00. The number of ether oxygens (including phenoxy) is 2. The molecular formula is C13H21N3O3. The van der Waals surface area contributed by atoms with Gasteiger partial charge in [0.1, 0.15) is 12.4 Å². The van der Waals surface area contributed by atoms with E-state index in [1.54, 1.807) is 26.2 Å². The molecular weight excluding hydrogens is 246 g/mol. The van der Waals surface area contributed by atoms with Crippen LogP contribution in [0.25, 0.3) is 0 Å². The molecule has 1 heterocycles. The average Bonchev–Trinajstić information content (AvgIpc) is 2.38. The van der Waals surface area contributed by atoms with Gasteiger partial charge in [0.25, 0.3) is 0 Å². The minimum Gasteiger partial charge on any atom is -0.465 e. The lowest BCUT2D eigenvalue weighted by Crippen LogP contribution is -2.34. The zero-order chi connectivity index (χ0) is 14.3. The van der Waals surface area contributed by atoms with E-state index in [1.165, 1.54) is 0 Å². The summed E-state index contributed by atoms with van der Waals surface area (Å²) in [5, 5.41) is 0. The molecule has 0 unspecified atom stereocenters. The van der Waals surface area contributed by atoms with Gasteiger partial charge in [-0.3, -0.25) is 4.79 Å². The van der Waals surface area contributed by atoms with E-state index in [0.717, 1.165) is 5.69 Å². The maximum atomic E-state index is 11.6. The fraction of sp³-hybridized carbons (Fsp3) is 0.538. The van der Waals surface area contributed by atoms with Crippen LogP contribution in [-0.2, 0) is 14.3 Å². The molecule has 0 aliphatic heterocycles. The smallest absolute Gasteiger partial charge is 0.325 e. The van der Waals surface area contributed by atoms with Crippen molar-refractivity contribution >= 4 is 17.5 Å². The summed E-state index contributed by atoms with van der Waals surface area (Å²) >= 11 is 0. The van der Waals surface area contributed by atoms with Crippen LogP contribution in [0.4, 0.5) is 11.5 Å². The Bertz CT molecular complexity index is 424. The van der Waals surface area contributed by atoms with Crippen molar-refractivity contribution in [1.82, 2.24) is 4.98 Å². The van der Waals surface area contributed by atoms with Gasteiger partial charge >= 0.3 is 5.97 Å². The van der Waals surface area contributed by atoms with E-state index in [0.29, 0.717) is 31.3 Å². The number of nitrogens with two attached hydrogens (primary N) is 1. The summed E-state index contributed by atoms with van der Waals surface area (Å²) in [6, 6.07) is 3.57. The molecule has 106 valence electrons. The molecule has 6 heteroatoms. The summed E-state index contributed by atoms with van der Waals surface area (Å²) in [4.78, 5) is 17.8. The SMILES string of the molecule is CCOC(=O)CN(CCOC)c1ccc(N)c(C)n1. The van der Waals surface area contributed by atoms with Crippen LogP contribution in [0.1, 0.15) is 12.6 Å².